The average Bonchev–Trinajstić information content (AvgIpc) is 3.05. The van der Waals surface area contributed by atoms with Crippen molar-refractivity contribution in [3.63, 3.8) is 0 Å². The lowest BCUT2D eigenvalue weighted by atomic mass is 10.2. The lowest BCUT2D eigenvalue weighted by Gasteiger charge is -2.11. The summed E-state index contributed by atoms with van der Waals surface area (Å²) in [5.41, 5.74) is 2.36. The Hall–Kier alpha value is -1.56. The van der Waals surface area contributed by atoms with Gasteiger partial charge in [-0.15, -0.1) is 35.0 Å². The van der Waals surface area contributed by atoms with E-state index in [4.69, 9.17) is 0 Å². The molecule has 21 heavy (non-hydrogen) atoms. The van der Waals surface area contributed by atoms with E-state index in [-0.39, 0.29) is 24.8 Å². The molecule has 0 saturated heterocycles. The van der Waals surface area contributed by atoms with Crippen molar-refractivity contribution < 1.29 is 0 Å². The normalized spacial score (nSPS) is 10.4. The lowest BCUT2D eigenvalue weighted by molar-refractivity contribution is 0.387. The van der Waals surface area contributed by atoms with E-state index in [1.165, 1.54) is 10.9 Å². The van der Waals surface area contributed by atoms with E-state index in [0.717, 1.165) is 18.8 Å². The van der Waals surface area contributed by atoms with Crippen LogP contribution in [0.5, 0.6) is 0 Å². The summed E-state index contributed by atoms with van der Waals surface area (Å²) in [5, 5.41) is 8.97. The molecule has 0 fully saturated rings. The minimum Gasteiger partial charge on any atom is -0.346 e. The van der Waals surface area contributed by atoms with Gasteiger partial charge in [-0.25, -0.2) is 0 Å². The van der Waals surface area contributed by atoms with E-state index in [9.17, 15) is 0 Å². The predicted molar refractivity (Wildman–Crippen MR) is 89.9 cm³/mol. The molecule has 3 aromatic rings. The molecule has 0 unspecified atom stereocenters. The van der Waals surface area contributed by atoms with Gasteiger partial charge in [0.05, 0.1) is 11.2 Å². The molecule has 114 valence electrons. The summed E-state index contributed by atoms with van der Waals surface area (Å²) in [6.07, 6.45) is 5.60. The first-order chi connectivity index (χ1) is 9.25. The van der Waals surface area contributed by atoms with Crippen LogP contribution in [0.15, 0.2) is 43.1 Å². The van der Waals surface area contributed by atoms with Crippen LogP contribution < -0.4 is 0 Å². The summed E-state index contributed by atoms with van der Waals surface area (Å²) in [4.78, 5) is 2.19. The van der Waals surface area contributed by atoms with E-state index in [1.54, 1.807) is 12.7 Å². The number of likely N-dealkylation sites (N-methyl/N-ethyl adjacent to an activating group) is 1. The molecular formula is C14H19Cl2N5. The molecule has 0 radical (unpaired) electrons. The second-order valence-electron chi connectivity index (χ2n) is 4.89. The molecule has 0 spiro atoms. The fraction of sp³-hybridized carbons (Fsp3) is 0.286. The van der Waals surface area contributed by atoms with Crippen molar-refractivity contribution in [1.29, 1.82) is 0 Å². The Bertz CT molecular complexity index is 676. The van der Waals surface area contributed by atoms with Crippen LogP contribution in [0.2, 0.25) is 0 Å². The van der Waals surface area contributed by atoms with Crippen LogP contribution in [-0.4, -0.2) is 44.9 Å². The minimum atomic E-state index is 0. The van der Waals surface area contributed by atoms with Crippen molar-refractivity contribution in [2.75, 3.05) is 20.6 Å². The summed E-state index contributed by atoms with van der Waals surface area (Å²) < 4.78 is 4.22. The number of rotatable bonds is 4. The van der Waals surface area contributed by atoms with Gasteiger partial charge in [0, 0.05) is 24.7 Å². The van der Waals surface area contributed by atoms with Crippen molar-refractivity contribution in [2.24, 2.45) is 0 Å². The summed E-state index contributed by atoms with van der Waals surface area (Å²) in [5.74, 6) is 0. The topological polar surface area (TPSA) is 38.9 Å². The highest BCUT2D eigenvalue weighted by molar-refractivity contribution is 5.88. The maximum absolute atomic E-state index is 3.87. The summed E-state index contributed by atoms with van der Waals surface area (Å²) >= 11 is 0. The maximum Gasteiger partial charge on any atom is 0.123 e. The van der Waals surface area contributed by atoms with Crippen LogP contribution >= 0.6 is 24.8 Å². The van der Waals surface area contributed by atoms with E-state index < -0.39 is 0 Å². The van der Waals surface area contributed by atoms with Gasteiger partial charge in [-0.05, 0) is 32.3 Å². The Morgan fingerprint density at radius 3 is 2.43 bits per heavy atom. The summed E-state index contributed by atoms with van der Waals surface area (Å²) in [7, 11) is 4.18. The van der Waals surface area contributed by atoms with Crippen molar-refractivity contribution >= 4 is 35.7 Å². The van der Waals surface area contributed by atoms with Crippen LogP contribution in [0.3, 0.4) is 0 Å². The van der Waals surface area contributed by atoms with Gasteiger partial charge in [-0.1, -0.05) is 6.07 Å². The predicted octanol–water partition coefficient (Wildman–Crippen LogP) is 2.63. The van der Waals surface area contributed by atoms with Crippen molar-refractivity contribution in [3.8, 4) is 5.69 Å². The third-order valence-corrected chi connectivity index (χ3v) is 3.28. The number of benzene rings is 1. The van der Waals surface area contributed by atoms with Gasteiger partial charge < -0.3 is 9.47 Å². The minimum absolute atomic E-state index is 0. The van der Waals surface area contributed by atoms with E-state index >= 15 is 0 Å². The molecule has 1 aromatic carbocycles. The number of aromatic nitrogens is 4. The fourth-order valence-electron chi connectivity index (χ4n) is 2.26. The lowest BCUT2D eigenvalue weighted by Crippen LogP contribution is -2.17. The molecule has 0 amide bonds. The monoisotopic (exact) mass is 327 g/mol. The molecule has 0 aliphatic carbocycles. The molecule has 5 nitrogen and oxygen atoms in total. The highest BCUT2D eigenvalue weighted by Crippen LogP contribution is 2.23. The molecule has 2 aromatic heterocycles. The van der Waals surface area contributed by atoms with Gasteiger partial charge in [0.1, 0.15) is 12.7 Å². The average molecular weight is 328 g/mol. The van der Waals surface area contributed by atoms with Crippen LogP contribution in [0.1, 0.15) is 0 Å². The molecular weight excluding hydrogens is 309 g/mol. The van der Waals surface area contributed by atoms with E-state index in [1.807, 2.05) is 4.57 Å². The Morgan fingerprint density at radius 1 is 1.05 bits per heavy atom. The number of hydrogen-bond donors (Lipinski definition) is 0. The quantitative estimate of drug-likeness (QED) is 0.739. The second kappa shape index (κ2) is 7.45. The second-order valence-corrected chi connectivity index (χ2v) is 4.89. The number of halogens is 2. The van der Waals surface area contributed by atoms with E-state index in [0.29, 0.717) is 0 Å². The Labute approximate surface area is 136 Å². The molecule has 0 aliphatic heterocycles. The largest absolute Gasteiger partial charge is 0.346 e. The van der Waals surface area contributed by atoms with Crippen LogP contribution in [0, 0.1) is 0 Å². The van der Waals surface area contributed by atoms with Gasteiger partial charge in [-0.3, -0.25) is 4.57 Å². The molecule has 3 rings (SSSR count). The van der Waals surface area contributed by atoms with Crippen LogP contribution in [-0.2, 0) is 6.54 Å². The van der Waals surface area contributed by atoms with Crippen LogP contribution in [0.25, 0.3) is 16.6 Å². The summed E-state index contributed by atoms with van der Waals surface area (Å²) in [6.45, 7) is 2.02. The van der Waals surface area contributed by atoms with Crippen molar-refractivity contribution in [3.05, 3.63) is 43.1 Å². The maximum atomic E-state index is 3.87. The van der Waals surface area contributed by atoms with Crippen molar-refractivity contribution in [2.45, 2.75) is 6.54 Å². The molecule has 7 heteroatoms. The first-order valence-corrected chi connectivity index (χ1v) is 6.33. The number of nitrogens with zero attached hydrogens (tertiary/aromatic N) is 5. The Kier molecular flexibility index (Phi) is 6.20. The zero-order valence-electron chi connectivity index (χ0n) is 12.0. The highest BCUT2D eigenvalue weighted by atomic mass is 35.5. The van der Waals surface area contributed by atoms with E-state index in [2.05, 4.69) is 64.2 Å². The first kappa shape index (κ1) is 17.5. The van der Waals surface area contributed by atoms with Crippen molar-refractivity contribution in [1.82, 2.24) is 24.2 Å². The Balaban J connectivity index is 0.00000110. The molecule has 2 heterocycles. The van der Waals surface area contributed by atoms with Gasteiger partial charge in [0.2, 0.25) is 0 Å². The third kappa shape index (κ3) is 3.56. The van der Waals surface area contributed by atoms with Gasteiger partial charge in [0.25, 0.3) is 0 Å². The first-order valence-electron chi connectivity index (χ1n) is 6.33. The zero-order valence-corrected chi connectivity index (χ0v) is 13.6. The molecule has 0 saturated carbocycles. The van der Waals surface area contributed by atoms with Gasteiger partial charge in [-0.2, -0.15) is 0 Å². The molecule has 0 atom stereocenters. The zero-order chi connectivity index (χ0) is 13.2. The highest BCUT2D eigenvalue weighted by Gasteiger charge is 2.07. The molecule has 0 bridgehead atoms. The fourth-order valence-corrected chi connectivity index (χ4v) is 2.26. The Morgan fingerprint density at radius 2 is 1.76 bits per heavy atom. The molecule has 0 N–H and O–H groups in total. The van der Waals surface area contributed by atoms with Crippen LogP contribution in [0.4, 0.5) is 0 Å². The van der Waals surface area contributed by atoms with Gasteiger partial charge in [0.15, 0.2) is 0 Å². The molecule has 0 aliphatic rings. The summed E-state index contributed by atoms with van der Waals surface area (Å²) in [6, 6.07) is 8.46. The standard InChI is InChI=1S/C14H17N5.2ClH/c1-17(2)8-9-18-7-6-12-13(18)4-3-5-14(12)19-10-15-16-11-19;;/h3-7,10-11H,8-9H2,1-2H3;2*1H. The SMILES string of the molecule is CN(C)CCn1ccc2c(-n3cnnc3)cccc21.Cl.Cl. The number of hydrogen-bond acceptors (Lipinski definition) is 3. The third-order valence-electron chi connectivity index (χ3n) is 3.28. The number of fused-ring (bicyclic) bond motifs is 1. The van der Waals surface area contributed by atoms with Gasteiger partial charge >= 0.3 is 0 Å². The smallest absolute Gasteiger partial charge is 0.123 e.